The van der Waals surface area contributed by atoms with E-state index in [-0.39, 0.29) is 6.04 Å². The fourth-order valence-corrected chi connectivity index (χ4v) is 3.85. The van der Waals surface area contributed by atoms with Gasteiger partial charge in [-0.15, -0.1) is 11.3 Å². The predicted octanol–water partition coefficient (Wildman–Crippen LogP) is 3.08. The first-order chi connectivity index (χ1) is 11.8. The molecule has 1 atom stereocenters. The summed E-state index contributed by atoms with van der Waals surface area (Å²) in [5, 5.41) is 5.54. The van der Waals surface area contributed by atoms with Crippen LogP contribution >= 0.6 is 11.3 Å². The third kappa shape index (κ3) is 3.15. The van der Waals surface area contributed by atoms with Crippen molar-refractivity contribution in [3.05, 3.63) is 41.4 Å². The van der Waals surface area contributed by atoms with Crippen LogP contribution in [0, 0.1) is 6.92 Å². The van der Waals surface area contributed by atoms with Crippen molar-refractivity contribution in [2.75, 3.05) is 38.2 Å². The van der Waals surface area contributed by atoms with Crippen molar-refractivity contribution in [2.45, 2.75) is 13.0 Å². The Morgan fingerprint density at radius 1 is 1.25 bits per heavy atom. The molecule has 4 rings (SSSR count). The first-order valence-electron chi connectivity index (χ1n) is 8.11. The van der Waals surface area contributed by atoms with E-state index in [1.165, 1.54) is 0 Å². The second-order valence-electron chi connectivity index (χ2n) is 5.85. The number of rotatable bonds is 5. The zero-order valence-electron chi connectivity index (χ0n) is 13.6. The number of hydrogen-bond acceptors (Lipinski definition) is 7. The van der Waals surface area contributed by atoms with Crippen LogP contribution in [0.15, 0.2) is 34.3 Å². The van der Waals surface area contributed by atoms with Crippen LogP contribution in [-0.4, -0.2) is 47.7 Å². The highest BCUT2D eigenvalue weighted by Crippen LogP contribution is 2.28. The molecule has 7 heteroatoms. The standard InChI is InChI=1S/C17H20N4O2S/c1-12-2-3-15(23-12)14(21-5-7-22-8-6-21)10-18-17-16-13(4-9-24-16)19-11-20-17/h2-4,9,11,14H,5-8,10H2,1H3,(H,18,19,20)/t14-/m0/s1. The van der Waals surface area contributed by atoms with Gasteiger partial charge in [-0.05, 0) is 30.5 Å². The summed E-state index contributed by atoms with van der Waals surface area (Å²) in [5.74, 6) is 2.81. The molecule has 6 nitrogen and oxygen atoms in total. The highest BCUT2D eigenvalue weighted by Gasteiger charge is 2.25. The molecule has 0 radical (unpaired) electrons. The lowest BCUT2D eigenvalue weighted by Gasteiger charge is -2.33. The smallest absolute Gasteiger partial charge is 0.147 e. The van der Waals surface area contributed by atoms with Gasteiger partial charge >= 0.3 is 0 Å². The van der Waals surface area contributed by atoms with Gasteiger partial charge in [0.2, 0.25) is 0 Å². The Hall–Kier alpha value is -1.96. The van der Waals surface area contributed by atoms with Gasteiger partial charge in [0.25, 0.3) is 0 Å². The Labute approximate surface area is 144 Å². The Balaban J connectivity index is 1.56. The molecule has 0 saturated carbocycles. The molecule has 4 heterocycles. The number of fused-ring (bicyclic) bond motifs is 1. The van der Waals surface area contributed by atoms with E-state index in [1.807, 2.05) is 24.4 Å². The maximum absolute atomic E-state index is 5.91. The topological polar surface area (TPSA) is 63.4 Å². The van der Waals surface area contributed by atoms with Crippen molar-refractivity contribution in [1.29, 1.82) is 0 Å². The lowest BCUT2D eigenvalue weighted by Crippen LogP contribution is -2.41. The van der Waals surface area contributed by atoms with Gasteiger partial charge in [-0.25, -0.2) is 9.97 Å². The molecule has 1 aliphatic heterocycles. The number of aryl methyl sites for hydroxylation is 1. The van der Waals surface area contributed by atoms with Crippen molar-refractivity contribution < 1.29 is 9.15 Å². The van der Waals surface area contributed by atoms with Crippen LogP contribution in [0.2, 0.25) is 0 Å². The molecule has 0 spiro atoms. The highest BCUT2D eigenvalue weighted by atomic mass is 32.1. The number of furan rings is 1. The van der Waals surface area contributed by atoms with Crippen LogP contribution in [-0.2, 0) is 4.74 Å². The van der Waals surface area contributed by atoms with Crippen molar-refractivity contribution in [3.8, 4) is 0 Å². The summed E-state index contributed by atoms with van der Waals surface area (Å²) >= 11 is 1.66. The van der Waals surface area contributed by atoms with Crippen LogP contribution < -0.4 is 5.32 Å². The van der Waals surface area contributed by atoms with Crippen molar-refractivity contribution in [3.63, 3.8) is 0 Å². The minimum Gasteiger partial charge on any atom is -0.465 e. The van der Waals surface area contributed by atoms with E-state index < -0.39 is 0 Å². The van der Waals surface area contributed by atoms with Gasteiger partial charge in [-0.3, -0.25) is 4.90 Å². The SMILES string of the molecule is Cc1ccc([C@H](CNc2ncnc3ccsc23)N2CCOCC2)o1. The number of hydrogen-bond donors (Lipinski definition) is 1. The average molecular weight is 344 g/mol. The van der Waals surface area contributed by atoms with Gasteiger partial charge in [0.05, 0.1) is 29.5 Å². The molecule has 3 aromatic heterocycles. The first-order valence-corrected chi connectivity index (χ1v) is 8.99. The summed E-state index contributed by atoms with van der Waals surface area (Å²) in [5.41, 5.74) is 0.981. The van der Waals surface area contributed by atoms with E-state index in [1.54, 1.807) is 17.7 Å². The van der Waals surface area contributed by atoms with Crippen LogP contribution in [0.4, 0.5) is 5.82 Å². The summed E-state index contributed by atoms with van der Waals surface area (Å²) in [6.07, 6.45) is 1.61. The number of aromatic nitrogens is 2. The predicted molar refractivity (Wildman–Crippen MR) is 94.5 cm³/mol. The Bertz CT molecular complexity index is 810. The van der Waals surface area contributed by atoms with Gasteiger partial charge < -0.3 is 14.5 Å². The molecule has 1 fully saturated rings. The van der Waals surface area contributed by atoms with Crippen LogP contribution in [0.1, 0.15) is 17.6 Å². The van der Waals surface area contributed by atoms with Crippen LogP contribution in [0.5, 0.6) is 0 Å². The monoisotopic (exact) mass is 344 g/mol. The molecule has 0 amide bonds. The number of nitrogens with zero attached hydrogens (tertiary/aromatic N) is 3. The zero-order valence-corrected chi connectivity index (χ0v) is 14.4. The molecule has 0 bridgehead atoms. The van der Waals surface area contributed by atoms with Crippen LogP contribution in [0.3, 0.4) is 0 Å². The summed E-state index contributed by atoms with van der Waals surface area (Å²) in [6.45, 7) is 6.05. The van der Waals surface area contributed by atoms with Crippen molar-refractivity contribution in [1.82, 2.24) is 14.9 Å². The quantitative estimate of drug-likeness (QED) is 0.767. The Morgan fingerprint density at radius 3 is 2.92 bits per heavy atom. The first kappa shape index (κ1) is 15.6. The molecular formula is C17H20N4O2S. The molecule has 1 saturated heterocycles. The second-order valence-corrected chi connectivity index (χ2v) is 6.77. The molecule has 1 aliphatic rings. The summed E-state index contributed by atoms with van der Waals surface area (Å²) in [7, 11) is 0. The zero-order chi connectivity index (χ0) is 16.4. The summed E-state index contributed by atoms with van der Waals surface area (Å²) in [4.78, 5) is 11.1. The number of thiophene rings is 1. The molecule has 0 unspecified atom stereocenters. The molecule has 24 heavy (non-hydrogen) atoms. The lowest BCUT2D eigenvalue weighted by atomic mass is 10.1. The van der Waals surface area contributed by atoms with Crippen LogP contribution in [0.25, 0.3) is 10.2 Å². The minimum absolute atomic E-state index is 0.160. The minimum atomic E-state index is 0.160. The average Bonchev–Trinajstić information content (AvgIpc) is 3.25. The molecule has 3 aromatic rings. The lowest BCUT2D eigenvalue weighted by molar-refractivity contribution is 0.0143. The van der Waals surface area contributed by atoms with E-state index >= 15 is 0 Å². The van der Waals surface area contributed by atoms with E-state index in [4.69, 9.17) is 9.15 Å². The molecule has 0 aliphatic carbocycles. The molecular weight excluding hydrogens is 324 g/mol. The van der Waals surface area contributed by atoms with E-state index in [0.717, 1.165) is 60.4 Å². The van der Waals surface area contributed by atoms with Gasteiger partial charge in [-0.2, -0.15) is 0 Å². The molecule has 1 N–H and O–H groups in total. The maximum atomic E-state index is 5.91. The van der Waals surface area contributed by atoms with Crippen molar-refractivity contribution >= 4 is 27.4 Å². The number of nitrogens with one attached hydrogen (secondary N) is 1. The number of ether oxygens (including phenoxy) is 1. The summed E-state index contributed by atoms with van der Waals surface area (Å²) in [6, 6.07) is 6.26. The van der Waals surface area contributed by atoms with Gasteiger partial charge in [0.1, 0.15) is 23.7 Å². The number of anilines is 1. The fourth-order valence-electron chi connectivity index (χ4n) is 3.04. The van der Waals surface area contributed by atoms with Gasteiger partial charge in [0, 0.05) is 19.6 Å². The van der Waals surface area contributed by atoms with E-state index in [0.29, 0.717) is 0 Å². The second kappa shape index (κ2) is 6.88. The van der Waals surface area contributed by atoms with E-state index in [2.05, 4.69) is 26.3 Å². The van der Waals surface area contributed by atoms with E-state index in [9.17, 15) is 0 Å². The highest BCUT2D eigenvalue weighted by molar-refractivity contribution is 7.17. The number of morpholine rings is 1. The van der Waals surface area contributed by atoms with Crippen molar-refractivity contribution in [2.24, 2.45) is 0 Å². The summed E-state index contributed by atoms with van der Waals surface area (Å²) < 4.78 is 12.5. The Kier molecular flexibility index (Phi) is 4.46. The third-order valence-corrected chi connectivity index (χ3v) is 5.19. The maximum Gasteiger partial charge on any atom is 0.147 e. The Morgan fingerprint density at radius 2 is 2.12 bits per heavy atom. The largest absolute Gasteiger partial charge is 0.465 e. The third-order valence-electron chi connectivity index (χ3n) is 4.28. The van der Waals surface area contributed by atoms with Gasteiger partial charge in [0.15, 0.2) is 0 Å². The normalized spacial score (nSPS) is 17.2. The molecule has 126 valence electrons. The fraction of sp³-hybridized carbons (Fsp3) is 0.412. The van der Waals surface area contributed by atoms with Gasteiger partial charge in [-0.1, -0.05) is 0 Å². The molecule has 0 aromatic carbocycles.